The van der Waals surface area contributed by atoms with Gasteiger partial charge < -0.3 is 5.11 Å². The van der Waals surface area contributed by atoms with Crippen LogP contribution in [0.15, 0.2) is 35.2 Å². The van der Waals surface area contributed by atoms with E-state index in [0.29, 0.717) is 18.4 Å². The monoisotopic (exact) mass is 367 g/mol. The molecule has 0 atom stereocenters. The van der Waals surface area contributed by atoms with Crippen molar-refractivity contribution in [2.24, 2.45) is 0 Å². The van der Waals surface area contributed by atoms with Crippen LogP contribution >= 0.6 is 0 Å². The van der Waals surface area contributed by atoms with Crippen molar-refractivity contribution in [1.29, 1.82) is 0 Å². The molecule has 0 amide bonds. The molecule has 0 radical (unpaired) electrons. The topological polar surface area (TPSA) is 74.7 Å². The number of fused-ring (bicyclic) bond motifs is 1. The van der Waals surface area contributed by atoms with Gasteiger partial charge in [0.2, 0.25) is 0 Å². The van der Waals surface area contributed by atoms with E-state index < -0.39 is 27.6 Å². The van der Waals surface area contributed by atoms with Gasteiger partial charge in [0.05, 0.1) is 16.1 Å². The van der Waals surface area contributed by atoms with Crippen LogP contribution in [0, 0.1) is 18.6 Å². The molecule has 2 aromatic carbocycles. The minimum absolute atomic E-state index is 0.0406. The summed E-state index contributed by atoms with van der Waals surface area (Å²) in [6, 6.07) is 5.47. The number of carboxylic acids is 1. The van der Waals surface area contributed by atoms with Crippen LogP contribution in [0.5, 0.6) is 0 Å². The molecule has 0 saturated heterocycles. The first kappa shape index (κ1) is 17.3. The summed E-state index contributed by atoms with van der Waals surface area (Å²) in [5.41, 5.74) is 0.384. The van der Waals surface area contributed by atoms with Crippen LogP contribution in [-0.2, 0) is 16.4 Å². The van der Waals surface area contributed by atoms with Crippen LogP contribution in [0.3, 0.4) is 0 Å². The molecule has 132 valence electrons. The molecular weight excluding hydrogens is 352 g/mol. The quantitative estimate of drug-likeness (QED) is 0.905. The average molecular weight is 367 g/mol. The van der Waals surface area contributed by atoms with E-state index in [4.69, 9.17) is 0 Å². The van der Waals surface area contributed by atoms with Gasteiger partial charge in [-0.15, -0.1) is 0 Å². The molecule has 1 N–H and O–H groups in total. The van der Waals surface area contributed by atoms with Gasteiger partial charge in [-0.2, -0.15) is 0 Å². The first-order valence-corrected chi connectivity index (χ1v) is 9.00. The zero-order valence-electron chi connectivity index (χ0n) is 13.3. The van der Waals surface area contributed by atoms with Crippen molar-refractivity contribution >= 4 is 21.7 Å². The summed E-state index contributed by atoms with van der Waals surface area (Å²) in [6.45, 7) is 1.62. The van der Waals surface area contributed by atoms with Crippen LogP contribution in [0.1, 0.15) is 27.9 Å². The van der Waals surface area contributed by atoms with Crippen molar-refractivity contribution in [1.82, 2.24) is 0 Å². The van der Waals surface area contributed by atoms with Gasteiger partial charge in [0.1, 0.15) is 11.6 Å². The Labute approximate surface area is 143 Å². The maximum atomic E-state index is 14.0. The maximum absolute atomic E-state index is 14.0. The van der Waals surface area contributed by atoms with Crippen molar-refractivity contribution in [3.8, 4) is 0 Å². The second-order valence-corrected chi connectivity index (χ2v) is 7.71. The first-order valence-electron chi connectivity index (χ1n) is 7.56. The van der Waals surface area contributed by atoms with Crippen molar-refractivity contribution in [2.45, 2.75) is 24.7 Å². The fourth-order valence-electron chi connectivity index (χ4n) is 2.95. The summed E-state index contributed by atoms with van der Waals surface area (Å²) in [5.74, 6) is -2.90. The molecule has 0 spiro atoms. The number of anilines is 1. The highest BCUT2D eigenvalue weighted by Gasteiger charge is 2.31. The molecule has 3 rings (SSSR count). The summed E-state index contributed by atoms with van der Waals surface area (Å²) < 4.78 is 54.4. The lowest BCUT2D eigenvalue weighted by Crippen LogP contribution is -2.36. The fourth-order valence-corrected chi connectivity index (χ4v) is 4.50. The first-order chi connectivity index (χ1) is 11.7. The number of hydrogen-bond acceptors (Lipinski definition) is 3. The Hall–Kier alpha value is -2.48. The lowest BCUT2D eigenvalue weighted by Gasteiger charge is -2.30. The largest absolute Gasteiger partial charge is 0.478 e. The Morgan fingerprint density at radius 2 is 1.92 bits per heavy atom. The van der Waals surface area contributed by atoms with Crippen LogP contribution in [-0.4, -0.2) is 26.0 Å². The summed E-state index contributed by atoms with van der Waals surface area (Å²) >= 11 is 0. The Morgan fingerprint density at radius 3 is 2.60 bits per heavy atom. The predicted octanol–water partition coefficient (Wildman–Crippen LogP) is 3.11. The summed E-state index contributed by atoms with van der Waals surface area (Å²) in [7, 11) is -4.15. The Kier molecular flexibility index (Phi) is 4.24. The smallest absolute Gasteiger partial charge is 0.335 e. The second-order valence-electron chi connectivity index (χ2n) is 5.85. The van der Waals surface area contributed by atoms with Gasteiger partial charge in [-0.05, 0) is 43.5 Å². The van der Waals surface area contributed by atoms with Crippen LogP contribution in [0.25, 0.3) is 0 Å². The van der Waals surface area contributed by atoms with Gasteiger partial charge in [-0.25, -0.2) is 22.0 Å². The normalized spacial score (nSPS) is 14.3. The number of carbonyl (C=O) groups is 1. The number of nitrogens with zero attached hydrogens (tertiary/aromatic N) is 1. The molecule has 0 unspecified atom stereocenters. The van der Waals surface area contributed by atoms with Crippen molar-refractivity contribution in [2.75, 3.05) is 10.8 Å². The molecule has 0 aromatic heterocycles. The van der Waals surface area contributed by atoms with E-state index in [1.54, 1.807) is 6.92 Å². The molecule has 0 saturated carbocycles. The number of hydrogen-bond donors (Lipinski definition) is 1. The van der Waals surface area contributed by atoms with E-state index in [1.165, 1.54) is 12.1 Å². The van der Waals surface area contributed by atoms with E-state index in [-0.39, 0.29) is 28.3 Å². The summed E-state index contributed by atoms with van der Waals surface area (Å²) in [5, 5.41) is 9.19. The molecule has 1 aliphatic heterocycles. The highest BCUT2D eigenvalue weighted by atomic mass is 32.2. The van der Waals surface area contributed by atoms with Gasteiger partial charge >= 0.3 is 5.97 Å². The third kappa shape index (κ3) is 2.97. The van der Waals surface area contributed by atoms with Gasteiger partial charge in [0, 0.05) is 18.2 Å². The van der Waals surface area contributed by atoms with Crippen molar-refractivity contribution in [3.63, 3.8) is 0 Å². The number of aromatic carboxylic acids is 1. The zero-order valence-corrected chi connectivity index (χ0v) is 14.1. The molecule has 5 nitrogen and oxygen atoms in total. The molecule has 8 heteroatoms. The fraction of sp³-hybridized carbons (Fsp3) is 0.235. The van der Waals surface area contributed by atoms with Crippen LogP contribution in [0.4, 0.5) is 14.5 Å². The highest BCUT2D eigenvalue weighted by molar-refractivity contribution is 7.92. The number of aryl methyl sites for hydroxylation is 1. The van der Waals surface area contributed by atoms with E-state index in [2.05, 4.69) is 0 Å². The summed E-state index contributed by atoms with van der Waals surface area (Å²) in [6.07, 6.45) is 0.689. The highest BCUT2D eigenvalue weighted by Crippen LogP contribution is 2.34. The van der Waals surface area contributed by atoms with Crippen LogP contribution in [0.2, 0.25) is 0 Å². The molecule has 1 heterocycles. The Morgan fingerprint density at radius 1 is 1.20 bits per heavy atom. The van der Waals surface area contributed by atoms with E-state index in [0.717, 1.165) is 22.5 Å². The lowest BCUT2D eigenvalue weighted by molar-refractivity contribution is 0.0696. The molecule has 1 aliphatic rings. The molecule has 0 fully saturated rings. The van der Waals surface area contributed by atoms with E-state index in [1.807, 2.05) is 0 Å². The van der Waals surface area contributed by atoms with E-state index in [9.17, 15) is 27.1 Å². The molecular formula is C17H15F2NO4S. The van der Waals surface area contributed by atoms with Crippen molar-refractivity contribution < 1.29 is 27.1 Å². The number of benzene rings is 2. The Bertz CT molecular complexity index is 973. The summed E-state index contributed by atoms with van der Waals surface area (Å²) in [4.78, 5) is 11.0. The van der Waals surface area contributed by atoms with Gasteiger partial charge in [-0.1, -0.05) is 6.07 Å². The maximum Gasteiger partial charge on any atom is 0.335 e. The standard InChI is InChI=1S/C17H15F2NO4S/c1-10-4-5-12(9-14(10)17(21)22)25(23,24)20-6-2-3-13-15(19)7-11(18)8-16(13)20/h4-5,7-9H,2-3,6H2,1H3,(H,21,22). The van der Waals surface area contributed by atoms with Crippen molar-refractivity contribution in [3.05, 3.63) is 58.7 Å². The molecule has 0 bridgehead atoms. The minimum atomic E-state index is -4.15. The molecule has 0 aliphatic carbocycles. The lowest BCUT2D eigenvalue weighted by atomic mass is 10.0. The number of carboxylic acid groups (broad SMARTS) is 1. The predicted molar refractivity (Wildman–Crippen MR) is 87.3 cm³/mol. The van der Waals surface area contributed by atoms with Gasteiger partial charge in [-0.3, -0.25) is 4.31 Å². The average Bonchev–Trinajstić information content (AvgIpc) is 2.54. The van der Waals surface area contributed by atoms with Gasteiger partial charge in [0.15, 0.2) is 0 Å². The van der Waals surface area contributed by atoms with E-state index >= 15 is 0 Å². The SMILES string of the molecule is Cc1ccc(S(=O)(=O)N2CCCc3c(F)cc(F)cc32)cc1C(=O)O. The number of rotatable bonds is 3. The number of halogens is 2. The third-order valence-electron chi connectivity index (χ3n) is 4.22. The minimum Gasteiger partial charge on any atom is -0.478 e. The second kappa shape index (κ2) is 6.11. The number of sulfonamides is 1. The Balaban J connectivity index is 2.15. The van der Waals surface area contributed by atoms with Gasteiger partial charge in [0.25, 0.3) is 10.0 Å². The molecule has 25 heavy (non-hydrogen) atoms. The molecule has 2 aromatic rings. The van der Waals surface area contributed by atoms with Crippen LogP contribution < -0.4 is 4.31 Å². The third-order valence-corrected chi connectivity index (χ3v) is 6.03. The zero-order chi connectivity index (χ0) is 18.4.